The van der Waals surface area contributed by atoms with Crippen LogP contribution < -0.4 is 27.1 Å². The van der Waals surface area contributed by atoms with Crippen molar-refractivity contribution in [3.8, 4) is 5.75 Å². The molecule has 3 amide bonds. The van der Waals surface area contributed by atoms with Crippen LogP contribution in [0.5, 0.6) is 5.75 Å². The first-order valence-corrected chi connectivity index (χ1v) is 26.3. The Morgan fingerprint density at radius 2 is 1.36 bits per heavy atom. The van der Waals surface area contributed by atoms with Gasteiger partial charge in [-0.05, 0) is 66.5 Å². The Labute approximate surface area is 416 Å². The number of phenolic OH excluding ortho intramolecular Hbond substituents is 1. The fourth-order valence-corrected chi connectivity index (χ4v) is 7.91. The molecule has 0 saturated carbocycles. The Hall–Kier alpha value is -4.96. The first-order chi connectivity index (χ1) is 33.9. The number of nitrogens with zero attached hydrogens (tertiary/aromatic N) is 2. The zero-order valence-corrected chi connectivity index (χ0v) is 42.4. The topological polar surface area (TPSA) is 277 Å². The number of benzene rings is 3. The van der Waals surface area contributed by atoms with Crippen molar-refractivity contribution >= 4 is 64.2 Å². The van der Waals surface area contributed by atoms with Gasteiger partial charge in [0, 0.05) is 67.7 Å². The third-order valence-corrected chi connectivity index (χ3v) is 11.5. The number of unbranched alkanes of at least 4 members (excludes halogenated alkanes) is 3. The number of para-hydroxylation sites is 1. The minimum absolute atomic E-state index is 0.00366. The lowest BCUT2D eigenvalue weighted by molar-refractivity contribution is -0.125. The summed E-state index contributed by atoms with van der Waals surface area (Å²) in [5.74, 6) is 6.37. The number of aromatic hydroxyl groups is 1. The van der Waals surface area contributed by atoms with Crippen molar-refractivity contribution < 1.29 is 57.9 Å². The predicted molar refractivity (Wildman–Crippen MR) is 275 cm³/mol. The number of ether oxygens (including phenoxy) is 4. The molecule has 0 radical (unpaired) electrons. The van der Waals surface area contributed by atoms with Gasteiger partial charge in [0.05, 0.1) is 89.6 Å². The van der Waals surface area contributed by atoms with Gasteiger partial charge in [-0.25, -0.2) is 5.84 Å². The summed E-state index contributed by atoms with van der Waals surface area (Å²) in [5, 5.41) is 25.0. The van der Waals surface area contributed by atoms with E-state index in [2.05, 4.69) is 27.4 Å². The van der Waals surface area contributed by atoms with Crippen LogP contribution in [0.1, 0.15) is 81.0 Å². The fourth-order valence-electron chi connectivity index (χ4n) is 7.32. The molecule has 2 heterocycles. The third-order valence-electron chi connectivity index (χ3n) is 10.7. The molecule has 3 aromatic carbocycles. The van der Waals surface area contributed by atoms with E-state index in [1.165, 1.54) is 0 Å². The van der Waals surface area contributed by atoms with Gasteiger partial charge in [-0.3, -0.25) is 14.4 Å². The van der Waals surface area contributed by atoms with E-state index in [0.29, 0.717) is 101 Å². The molecule has 70 heavy (non-hydrogen) atoms. The highest BCUT2D eigenvalue weighted by atomic mass is 32.5. The number of phenols is 1. The number of aromatic nitrogens is 1. The standard InChI is InChI=1S/C46H64N7O11PS.C2H6.CH4O/c47-45-38-11-5-6-12-41(38)52(44(57)16-15-42(55)49-19-7-1-2-8-22-64-65(58,59)66)33-35-9-3-4-10-37(35)46(45)53(48)21-24-61-26-28-63-30-29-62-27-25-60-23-18-43(56)50-20-17-34-32-51-40-14-13-36(54)31-39(34)40;2*1-2/h3-6,9-14,31-32,51,54H,1-2,7-8,15-30,33,47-48H2,(H,49,55)(H,50,56)(H2,58,59,66);1-2H3;2H,1H3/b46-45-;;. The van der Waals surface area contributed by atoms with Gasteiger partial charge in [-0.15, -0.1) is 0 Å². The van der Waals surface area contributed by atoms with Crippen LogP contribution in [0.15, 0.2) is 72.9 Å². The molecule has 0 spiro atoms. The van der Waals surface area contributed by atoms with E-state index in [0.717, 1.165) is 54.0 Å². The SMILES string of the molecule is CC.CO.N/C1=C(\N(N)CCOCCOCCOCCOCCC(=O)NCCc2c[nH]c3ccc(O)cc23)c2ccccc2CN(C(=O)CCC(=O)NCCCCCCOP(O)(O)=S)c2ccccc21. The summed E-state index contributed by atoms with van der Waals surface area (Å²) >= 11 is 4.44. The fraction of sp³-hybridized carbons (Fsp3) is 0.490. The maximum Gasteiger partial charge on any atom is 0.321 e. The molecule has 0 bridgehead atoms. The summed E-state index contributed by atoms with van der Waals surface area (Å²) in [4.78, 5) is 61.8. The molecule has 0 atom stereocenters. The van der Waals surface area contributed by atoms with E-state index in [-0.39, 0.29) is 62.5 Å². The molecule has 5 rings (SSSR count). The Morgan fingerprint density at radius 3 is 2.06 bits per heavy atom. The molecule has 0 unspecified atom stereocenters. The van der Waals surface area contributed by atoms with Crippen LogP contribution in [-0.4, -0.2) is 134 Å². The number of carbonyl (C=O) groups is 3. The Balaban J connectivity index is 0.00000316. The molecule has 0 aliphatic carbocycles. The van der Waals surface area contributed by atoms with Crippen molar-refractivity contribution in [1.82, 2.24) is 20.6 Å². The highest BCUT2D eigenvalue weighted by molar-refractivity contribution is 8.06. The van der Waals surface area contributed by atoms with Crippen LogP contribution in [0.25, 0.3) is 22.3 Å². The summed E-state index contributed by atoms with van der Waals surface area (Å²) < 4.78 is 27.4. The second kappa shape index (κ2) is 33.6. The number of aliphatic hydroxyl groups is 1. The number of hydrazine groups is 1. The highest BCUT2D eigenvalue weighted by Gasteiger charge is 2.28. The van der Waals surface area contributed by atoms with Gasteiger partial charge in [-0.2, -0.15) is 0 Å². The molecular formula is C49H74N7O12PS. The number of nitrogens with two attached hydrogens (primary N) is 2. The number of hydrogen-bond acceptors (Lipinski definition) is 14. The Kier molecular flexibility index (Phi) is 28.5. The maximum atomic E-state index is 13.8. The minimum atomic E-state index is -3.63. The molecule has 19 nitrogen and oxygen atoms in total. The van der Waals surface area contributed by atoms with Crippen molar-refractivity contribution in [3.63, 3.8) is 0 Å². The molecule has 1 aliphatic heterocycles. The summed E-state index contributed by atoms with van der Waals surface area (Å²) in [6.07, 6.45) is 5.79. The molecule has 1 aromatic heterocycles. The zero-order valence-electron chi connectivity index (χ0n) is 40.7. The number of amides is 3. The number of aromatic amines is 1. The van der Waals surface area contributed by atoms with Crippen LogP contribution in [0, 0.1) is 0 Å². The smallest absolute Gasteiger partial charge is 0.321 e. The number of nitrogens with one attached hydrogen (secondary N) is 3. The van der Waals surface area contributed by atoms with Crippen LogP contribution in [0.2, 0.25) is 0 Å². The number of hydrogen-bond donors (Lipinski definition) is 9. The minimum Gasteiger partial charge on any atom is -0.508 e. The van der Waals surface area contributed by atoms with E-state index in [1.54, 1.807) is 22.0 Å². The van der Waals surface area contributed by atoms with Crippen molar-refractivity contribution in [3.05, 3.63) is 95.2 Å². The molecule has 0 fully saturated rings. The number of fused-ring (bicyclic) bond motifs is 3. The van der Waals surface area contributed by atoms with Crippen molar-refractivity contribution in [1.29, 1.82) is 0 Å². The second-order valence-electron chi connectivity index (χ2n) is 15.5. The third kappa shape index (κ3) is 21.2. The largest absolute Gasteiger partial charge is 0.508 e. The molecular weight excluding hydrogens is 942 g/mol. The molecule has 0 saturated heterocycles. The highest BCUT2D eigenvalue weighted by Crippen LogP contribution is 2.37. The normalized spacial score (nSPS) is 13.2. The van der Waals surface area contributed by atoms with Crippen molar-refractivity contribution in [2.75, 3.05) is 91.1 Å². The number of H-pyrrole nitrogens is 1. The summed E-state index contributed by atoms with van der Waals surface area (Å²) in [5.41, 5.74) is 12.8. The summed E-state index contributed by atoms with van der Waals surface area (Å²) in [7, 11) is 1.00. The lowest BCUT2D eigenvalue weighted by atomic mass is 9.95. The van der Waals surface area contributed by atoms with E-state index in [1.807, 2.05) is 74.6 Å². The van der Waals surface area contributed by atoms with E-state index >= 15 is 0 Å². The average Bonchev–Trinajstić information content (AvgIpc) is 3.75. The van der Waals surface area contributed by atoms with Gasteiger partial charge in [0.2, 0.25) is 17.7 Å². The van der Waals surface area contributed by atoms with Crippen LogP contribution in [-0.2, 0) is 62.6 Å². The van der Waals surface area contributed by atoms with Crippen molar-refractivity contribution in [2.24, 2.45) is 11.6 Å². The number of aliphatic hydroxyl groups excluding tert-OH is 1. The van der Waals surface area contributed by atoms with Crippen LogP contribution in [0.4, 0.5) is 5.69 Å². The summed E-state index contributed by atoms with van der Waals surface area (Å²) in [6, 6.07) is 20.2. The predicted octanol–water partition coefficient (Wildman–Crippen LogP) is 4.81. The van der Waals surface area contributed by atoms with Gasteiger partial charge in [0.15, 0.2) is 0 Å². The monoisotopic (exact) mass is 1020 g/mol. The first-order valence-electron chi connectivity index (χ1n) is 23.7. The Bertz CT molecular complexity index is 2260. The maximum absolute atomic E-state index is 13.8. The quantitative estimate of drug-likeness (QED) is 0.0147. The van der Waals surface area contributed by atoms with Gasteiger partial charge >= 0.3 is 6.72 Å². The number of rotatable bonds is 30. The zero-order chi connectivity index (χ0) is 51.2. The summed E-state index contributed by atoms with van der Waals surface area (Å²) in [6.45, 7) is 4.88. The molecule has 1 aliphatic rings. The molecule has 11 N–H and O–H groups in total. The average molecular weight is 1020 g/mol. The van der Waals surface area contributed by atoms with Gasteiger partial charge in [0.25, 0.3) is 0 Å². The van der Waals surface area contributed by atoms with Crippen LogP contribution in [0.3, 0.4) is 0 Å². The Morgan fingerprint density at radius 1 is 0.757 bits per heavy atom. The second-order valence-corrected chi connectivity index (χ2v) is 18.2. The van der Waals surface area contributed by atoms with E-state index in [9.17, 15) is 19.5 Å². The lowest BCUT2D eigenvalue weighted by Crippen LogP contribution is -2.38. The number of carbonyl (C=O) groups excluding carboxylic acids is 3. The van der Waals surface area contributed by atoms with E-state index in [4.69, 9.17) is 49.9 Å². The van der Waals surface area contributed by atoms with Gasteiger partial charge in [-0.1, -0.05) is 69.2 Å². The lowest BCUT2D eigenvalue weighted by Gasteiger charge is -2.33. The van der Waals surface area contributed by atoms with Gasteiger partial charge < -0.3 is 74.7 Å². The first kappa shape index (κ1) is 59.3. The molecule has 4 aromatic rings. The molecule has 21 heteroatoms. The van der Waals surface area contributed by atoms with E-state index < -0.39 is 6.72 Å². The van der Waals surface area contributed by atoms with Gasteiger partial charge in [0.1, 0.15) is 5.75 Å². The van der Waals surface area contributed by atoms with Crippen LogP contribution >= 0.6 is 6.72 Å². The number of anilines is 1. The molecule has 388 valence electrons. The van der Waals surface area contributed by atoms with Crippen molar-refractivity contribution in [2.45, 2.75) is 71.8 Å².